The van der Waals surface area contributed by atoms with Gasteiger partial charge in [0.2, 0.25) is 0 Å². The summed E-state index contributed by atoms with van der Waals surface area (Å²) < 4.78 is 0. The van der Waals surface area contributed by atoms with Gasteiger partial charge in [-0.3, -0.25) is 0 Å². The van der Waals surface area contributed by atoms with Gasteiger partial charge in [0, 0.05) is 5.41 Å². The highest BCUT2D eigenvalue weighted by Crippen LogP contribution is 2.52. The van der Waals surface area contributed by atoms with Crippen LogP contribution in [0.4, 0.5) is 0 Å². The molecule has 0 nitrogen and oxygen atoms in total. The molecule has 0 heteroatoms. The molecule has 0 N–H and O–H groups in total. The van der Waals surface area contributed by atoms with Crippen molar-refractivity contribution in [1.29, 1.82) is 0 Å². The molecule has 0 aliphatic rings. The minimum Gasteiger partial charge on any atom is -0.0582 e. The maximum absolute atomic E-state index is 2.59. The lowest BCUT2D eigenvalue weighted by Crippen LogP contribution is -2.38. The van der Waals surface area contributed by atoms with Gasteiger partial charge in [-0.05, 0) is 77.0 Å². The number of hydrogen-bond acceptors (Lipinski definition) is 0. The summed E-state index contributed by atoms with van der Waals surface area (Å²) in [5.74, 6) is 0. The second-order valence-corrected chi connectivity index (χ2v) is 19.0. The number of benzene rings is 2. The van der Waals surface area contributed by atoms with E-state index in [-0.39, 0.29) is 37.9 Å². The zero-order chi connectivity index (χ0) is 30.9. The summed E-state index contributed by atoms with van der Waals surface area (Å²) in [6, 6.07) is 9.96. The Balaban J connectivity index is 3.43. The fourth-order valence-corrected chi connectivity index (χ4v) is 6.37. The van der Waals surface area contributed by atoms with E-state index in [1.807, 2.05) is 0 Å². The zero-order valence-electron chi connectivity index (χ0n) is 29.8. The average Bonchev–Trinajstić information content (AvgIpc) is 2.67. The monoisotopic (exact) mass is 533 g/mol. The summed E-state index contributed by atoms with van der Waals surface area (Å²) in [5, 5.41) is 0. The Morgan fingerprint density at radius 1 is 0.308 bits per heavy atom. The molecular weight excluding hydrogens is 468 g/mol. The maximum atomic E-state index is 2.59. The second-order valence-electron chi connectivity index (χ2n) is 19.0. The molecule has 0 aliphatic heterocycles. The van der Waals surface area contributed by atoms with Gasteiger partial charge in [0.05, 0.1) is 0 Å². The first-order chi connectivity index (χ1) is 16.9. The molecule has 2 aromatic carbocycles. The van der Waals surface area contributed by atoms with Gasteiger partial charge < -0.3 is 0 Å². The molecule has 0 bridgehead atoms. The Hall–Kier alpha value is -1.56. The third kappa shape index (κ3) is 6.85. The standard InChI is InChI=1S/C39H64/c1-33(2,3)25-21-22-26(34(4,5)6)27(23-25)39(19,20)32-30(37(13,14)15)28(35(7,8)9)24-29(36(10,11)12)31(32)38(16,17)18/h21-24H,1-20H3. The van der Waals surface area contributed by atoms with Gasteiger partial charge in [0.25, 0.3) is 0 Å². The zero-order valence-corrected chi connectivity index (χ0v) is 29.8. The van der Waals surface area contributed by atoms with E-state index in [9.17, 15) is 0 Å². The first-order valence-corrected chi connectivity index (χ1v) is 15.3. The summed E-state index contributed by atoms with van der Waals surface area (Å²) in [5.41, 5.74) is 12.0. The van der Waals surface area contributed by atoms with E-state index >= 15 is 0 Å². The molecule has 2 aromatic rings. The molecule has 0 radical (unpaired) electrons. The van der Waals surface area contributed by atoms with Crippen molar-refractivity contribution in [3.8, 4) is 0 Å². The SMILES string of the molecule is CC(C)(C)c1ccc(C(C)(C)C)c(C(C)(C)c2c(C(C)(C)C)c(C(C)(C)C)cc(C(C)(C)C)c2C(C)(C)C)c1. The lowest BCUT2D eigenvalue weighted by atomic mass is 9.58. The predicted molar refractivity (Wildman–Crippen MR) is 177 cm³/mol. The number of hydrogen-bond donors (Lipinski definition) is 0. The van der Waals surface area contributed by atoms with E-state index in [0.717, 1.165) is 0 Å². The van der Waals surface area contributed by atoms with Crippen molar-refractivity contribution >= 4 is 0 Å². The first kappa shape index (κ1) is 33.6. The maximum Gasteiger partial charge on any atom is 0.0155 e. The Morgan fingerprint density at radius 3 is 0.949 bits per heavy atom. The van der Waals surface area contributed by atoms with Gasteiger partial charge in [-0.25, -0.2) is 0 Å². The molecule has 2 rings (SSSR count). The lowest BCUT2D eigenvalue weighted by molar-refractivity contribution is 0.464. The molecule has 0 unspecified atom stereocenters. The Morgan fingerprint density at radius 2 is 0.667 bits per heavy atom. The molecule has 0 amide bonds. The Bertz CT molecular complexity index is 1140. The summed E-state index contributed by atoms with van der Waals surface area (Å²) in [4.78, 5) is 0. The molecule has 0 spiro atoms. The molecule has 0 heterocycles. The highest BCUT2D eigenvalue weighted by Gasteiger charge is 2.43. The predicted octanol–water partition coefficient (Wildman–Crippen LogP) is 11.8. The highest BCUT2D eigenvalue weighted by atomic mass is 14.5. The summed E-state index contributed by atoms with van der Waals surface area (Å²) >= 11 is 0. The van der Waals surface area contributed by atoms with E-state index in [0.29, 0.717) is 0 Å². The van der Waals surface area contributed by atoms with E-state index in [1.165, 1.54) is 27.8 Å². The van der Waals surface area contributed by atoms with E-state index in [4.69, 9.17) is 0 Å². The van der Waals surface area contributed by atoms with Crippen molar-refractivity contribution in [2.75, 3.05) is 0 Å². The van der Waals surface area contributed by atoms with Crippen molar-refractivity contribution in [2.24, 2.45) is 0 Å². The Labute approximate surface area is 244 Å². The van der Waals surface area contributed by atoms with E-state index < -0.39 is 0 Å². The van der Waals surface area contributed by atoms with Crippen LogP contribution in [0.5, 0.6) is 0 Å². The van der Waals surface area contributed by atoms with E-state index in [2.05, 4.69) is 163 Å². The van der Waals surface area contributed by atoms with Crippen LogP contribution in [-0.4, -0.2) is 0 Å². The summed E-state index contributed by atoms with van der Waals surface area (Å²) in [6.45, 7) is 48.2. The summed E-state index contributed by atoms with van der Waals surface area (Å²) in [7, 11) is 0. The Kier molecular flexibility index (Phi) is 8.43. The quantitative estimate of drug-likeness (QED) is 0.361. The lowest BCUT2D eigenvalue weighted by Gasteiger charge is -2.46. The van der Waals surface area contributed by atoms with Crippen LogP contribution in [0.2, 0.25) is 0 Å². The van der Waals surface area contributed by atoms with Crippen LogP contribution in [0.3, 0.4) is 0 Å². The van der Waals surface area contributed by atoms with Crippen LogP contribution in [0, 0.1) is 0 Å². The molecule has 0 aromatic heterocycles. The highest BCUT2D eigenvalue weighted by molar-refractivity contribution is 5.62. The third-order valence-corrected chi connectivity index (χ3v) is 8.44. The molecule has 0 atom stereocenters. The van der Waals surface area contributed by atoms with Crippen LogP contribution in [0.15, 0.2) is 24.3 Å². The summed E-state index contributed by atoms with van der Waals surface area (Å²) in [6.07, 6.45) is 0. The van der Waals surface area contributed by atoms with Gasteiger partial charge in [0.1, 0.15) is 0 Å². The minimum absolute atomic E-state index is 0.00480. The topological polar surface area (TPSA) is 0 Å². The average molecular weight is 533 g/mol. The smallest absolute Gasteiger partial charge is 0.0155 e. The van der Waals surface area contributed by atoms with Gasteiger partial charge >= 0.3 is 0 Å². The minimum atomic E-state index is -0.198. The largest absolute Gasteiger partial charge is 0.0582 e. The van der Waals surface area contributed by atoms with Crippen LogP contribution in [-0.2, 0) is 37.9 Å². The molecule has 0 saturated carbocycles. The van der Waals surface area contributed by atoms with Gasteiger partial charge in [-0.2, -0.15) is 0 Å². The van der Waals surface area contributed by atoms with Crippen LogP contribution in [0.25, 0.3) is 0 Å². The van der Waals surface area contributed by atoms with Crippen molar-refractivity contribution in [2.45, 2.75) is 176 Å². The van der Waals surface area contributed by atoms with Crippen LogP contribution >= 0.6 is 0 Å². The van der Waals surface area contributed by atoms with Crippen molar-refractivity contribution in [3.05, 3.63) is 68.8 Å². The van der Waals surface area contributed by atoms with E-state index in [1.54, 1.807) is 16.7 Å². The van der Waals surface area contributed by atoms with Gasteiger partial charge in [0.15, 0.2) is 0 Å². The van der Waals surface area contributed by atoms with Crippen molar-refractivity contribution < 1.29 is 0 Å². The van der Waals surface area contributed by atoms with Crippen molar-refractivity contribution in [3.63, 3.8) is 0 Å². The van der Waals surface area contributed by atoms with Gasteiger partial charge in [-0.15, -0.1) is 0 Å². The molecule has 220 valence electrons. The number of rotatable bonds is 2. The fraction of sp³-hybridized carbons (Fsp3) is 0.692. The van der Waals surface area contributed by atoms with Crippen LogP contribution < -0.4 is 0 Å². The molecule has 39 heavy (non-hydrogen) atoms. The molecular formula is C39H64. The van der Waals surface area contributed by atoms with Gasteiger partial charge in [-0.1, -0.05) is 163 Å². The second kappa shape index (κ2) is 9.77. The molecule has 0 fully saturated rings. The first-order valence-electron chi connectivity index (χ1n) is 15.3. The van der Waals surface area contributed by atoms with Crippen LogP contribution in [0.1, 0.15) is 183 Å². The fourth-order valence-electron chi connectivity index (χ4n) is 6.37. The normalized spacial score (nSPS) is 14.7. The molecule has 0 aliphatic carbocycles. The molecule has 0 saturated heterocycles. The third-order valence-electron chi connectivity index (χ3n) is 8.44. The van der Waals surface area contributed by atoms with Crippen molar-refractivity contribution in [1.82, 2.24) is 0 Å².